The van der Waals surface area contributed by atoms with Gasteiger partial charge in [0, 0.05) is 23.9 Å². The fourth-order valence-corrected chi connectivity index (χ4v) is 1.36. The van der Waals surface area contributed by atoms with Gasteiger partial charge in [-0.15, -0.1) is 0 Å². The quantitative estimate of drug-likeness (QED) is 0.386. The summed E-state index contributed by atoms with van der Waals surface area (Å²) in [5.74, 6) is -0.206. The lowest BCUT2D eigenvalue weighted by atomic mass is 10.1. The third-order valence-corrected chi connectivity index (χ3v) is 2.05. The summed E-state index contributed by atoms with van der Waals surface area (Å²) in [4.78, 5) is 25.4. The van der Waals surface area contributed by atoms with Gasteiger partial charge in [0.15, 0.2) is 5.78 Å². The summed E-state index contributed by atoms with van der Waals surface area (Å²) in [6.45, 7) is 0.136. The fraction of sp³-hybridized carbons (Fsp3) is 0.714. The molecule has 0 saturated carbocycles. The van der Waals surface area contributed by atoms with Gasteiger partial charge in [0.2, 0.25) is 0 Å². The Hall–Kier alpha value is -1.75. The number of Topliss-reactive ketones (excluding diaryl/α,β-unsaturated/α-hetero) is 1. The van der Waals surface area contributed by atoms with Gasteiger partial charge in [-0.3, -0.25) is 4.79 Å². The van der Waals surface area contributed by atoms with Crippen molar-refractivity contribution < 1.29 is 14.7 Å². The third kappa shape index (κ3) is 2.63. The minimum Gasteiger partial charge on any atom is -0.465 e. The number of carbonyl (C=O) groups is 2. The van der Waals surface area contributed by atoms with Crippen LogP contribution < -0.4 is 0 Å². The van der Waals surface area contributed by atoms with E-state index in [2.05, 4.69) is 10.0 Å². The van der Waals surface area contributed by atoms with Gasteiger partial charge in [-0.25, -0.2) is 4.79 Å². The zero-order chi connectivity index (χ0) is 10.6. The summed E-state index contributed by atoms with van der Waals surface area (Å²) in [6, 6.07) is -0.406. The Morgan fingerprint density at radius 1 is 1.71 bits per heavy atom. The Labute approximate surface area is 79.9 Å². The minimum atomic E-state index is -1.11. The molecule has 0 aromatic carbocycles. The van der Waals surface area contributed by atoms with Crippen LogP contribution >= 0.6 is 0 Å². The number of nitrogens with zero attached hydrogens (tertiary/aromatic N) is 4. The van der Waals surface area contributed by atoms with E-state index in [1.54, 1.807) is 0 Å². The summed E-state index contributed by atoms with van der Waals surface area (Å²) in [5.41, 5.74) is 8.19. The van der Waals surface area contributed by atoms with E-state index in [-0.39, 0.29) is 25.3 Å². The van der Waals surface area contributed by atoms with Crippen LogP contribution in [0.25, 0.3) is 10.4 Å². The lowest BCUT2D eigenvalue weighted by Crippen LogP contribution is -2.33. The van der Waals surface area contributed by atoms with Crippen LogP contribution in [0.4, 0.5) is 4.79 Å². The molecule has 76 valence electrons. The topological polar surface area (TPSA) is 106 Å². The molecule has 0 radical (unpaired) electrons. The van der Waals surface area contributed by atoms with Crippen molar-refractivity contribution in [2.75, 3.05) is 13.1 Å². The average molecular weight is 198 g/mol. The van der Waals surface area contributed by atoms with Crippen LogP contribution in [-0.4, -0.2) is 41.0 Å². The Bertz CT molecular complexity index is 283. The fourth-order valence-electron chi connectivity index (χ4n) is 1.36. The van der Waals surface area contributed by atoms with Crippen LogP contribution in [0, 0.1) is 0 Å². The molecule has 1 fully saturated rings. The SMILES string of the molecule is [N-]=[N+]=NC1CCN(C(=O)O)CC(=O)C1. The molecule has 1 rings (SSSR count). The molecule has 1 amide bonds. The van der Waals surface area contributed by atoms with Crippen molar-refractivity contribution in [2.24, 2.45) is 5.11 Å². The second-order valence-corrected chi connectivity index (χ2v) is 3.09. The van der Waals surface area contributed by atoms with E-state index in [1.807, 2.05) is 0 Å². The number of hydrogen-bond acceptors (Lipinski definition) is 3. The largest absolute Gasteiger partial charge is 0.465 e. The van der Waals surface area contributed by atoms with Crippen LogP contribution in [0.5, 0.6) is 0 Å². The first kappa shape index (κ1) is 10.3. The van der Waals surface area contributed by atoms with E-state index in [1.165, 1.54) is 0 Å². The average Bonchev–Trinajstić information content (AvgIpc) is 2.28. The number of carboxylic acid groups (broad SMARTS) is 1. The highest BCUT2D eigenvalue weighted by atomic mass is 16.4. The molecule has 1 N–H and O–H groups in total. The highest BCUT2D eigenvalue weighted by molar-refractivity contribution is 5.84. The summed E-state index contributed by atoms with van der Waals surface area (Å²) < 4.78 is 0. The van der Waals surface area contributed by atoms with Crippen LogP contribution in [0.15, 0.2) is 5.11 Å². The molecule has 0 aromatic heterocycles. The minimum absolute atomic E-state index is 0.104. The molecule has 1 unspecified atom stereocenters. The van der Waals surface area contributed by atoms with Gasteiger partial charge >= 0.3 is 6.09 Å². The summed E-state index contributed by atoms with van der Waals surface area (Å²) in [5, 5.41) is 12.1. The monoisotopic (exact) mass is 198 g/mol. The highest BCUT2D eigenvalue weighted by Crippen LogP contribution is 2.12. The van der Waals surface area contributed by atoms with E-state index < -0.39 is 12.1 Å². The van der Waals surface area contributed by atoms with Gasteiger partial charge in [0.1, 0.15) is 0 Å². The van der Waals surface area contributed by atoms with Crippen molar-refractivity contribution in [3.05, 3.63) is 10.4 Å². The molecular formula is C7H10N4O3. The zero-order valence-corrected chi connectivity index (χ0v) is 7.46. The maximum atomic E-state index is 11.2. The van der Waals surface area contributed by atoms with Crippen molar-refractivity contribution >= 4 is 11.9 Å². The van der Waals surface area contributed by atoms with Gasteiger partial charge in [-0.2, -0.15) is 0 Å². The molecule has 0 aromatic rings. The van der Waals surface area contributed by atoms with Crippen LogP contribution in [-0.2, 0) is 4.79 Å². The Morgan fingerprint density at radius 3 is 3.00 bits per heavy atom. The summed E-state index contributed by atoms with van der Waals surface area (Å²) in [6.07, 6.45) is -0.574. The van der Waals surface area contributed by atoms with E-state index in [4.69, 9.17) is 10.6 Å². The molecule has 14 heavy (non-hydrogen) atoms. The molecule has 1 heterocycles. The van der Waals surface area contributed by atoms with E-state index in [0.29, 0.717) is 6.42 Å². The first-order chi connectivity index (χ1) is 6.63. The van der Waals surface area contributed by atoms with Crippen molar-refractivity contribution in [1.82, 2.24) is 4.90 Å². The Kier molecular flexibility index (Phi) is 3.30. The Balaban J connectivity index is 2.66. The first-order valence-corrected chi connectivity index (χ1v) is 4.17. The molecule has 0 aliphatic carbocycles. The molecule has 1 aliphatic heterocycles. The van der Waals surface area contributed by atoms with Crippen molar-refractivity contribution in [1.29, 1.82) is 0 Å². The standard InChI is InChI=1S/C7H10N4O3/c8-10-9-5-1-2-11(7(13)14)4-6(12)3-5/h5H,1-4H2,(H,13,14). The number of ketones is 1. The summed E-state index contributed by atoms with van der Waals surface area (Å²) >= 11 is 0. The van der Waals surface area contributed by atoms with Crippen molar-refractivity contribution in [3.8, 4) is 0 Å². The maximum Gasteiger partial charge on any atom is 0.407 e. The normalized spacial score (nSPS) is 22.4. The molecule has 7 nitrogen and oxygen atoms in total. The highest BCUT2D eigenvalue weighted by Gasteiger charge is 2.24. The van der Waals surface area contributed by atoms with Crippen molar-refractivity contribution in [3.63, 3.8) is 0 Å². The lowest BCUT2D eigenvalue weighted by molar-refractivity contribution is -0.119. The van der Waals surface area contributed by atoms with Crippen LogP contribution in [0.1, 0.15) is 12.8 Å². The van der Waals surface area contributed by atoms with Gasteiger partial charge in [0.05, 0.1) is 6.54 Å². The van der Waals surface area contributed by atoms with Gasteiger partial charge in [0.25, 0.3) is 0 Å². The van der Waals surface area contributed by atoms with Gasteiger partial charge < -0.3 is 10.0 Å². The van der Waals surface area contributed by atoms with Gasteiger partial charge in [-0.1, -0.05) is 5.11 Å². The molecule has 1 aliphatic rings. The smallest absolute Gasteiger partial charge is 0.407 e. The maximum absolute atomic E-state index is 11.2. The number of azide groups is 1. The predicted molar refractivity (Wildman–Crippen MR) is 46.8 cm³/mol. The summed E-state index contributed by atoms with van der Waals surface area (Å²) in [7, 11) is 0. The molecular weight excluding hydrogens is 188 g/mol. The van der Waals surface area contributed by atoms with Crippen LogP contribution in [0.2, 0.25) is 0 Å². The van der Waals surface area contributed by atoms with Gasteiger partial charge in [-0.05, 0) is 12.0 Å². The molecule has 7 heteroatoms. The predicted octanol–water partition coefficient (Wildman–Crippen LogP) is 1.01. The Morgan fingerprint density at radius 2 is 2.43 bits per heavy atom. The first-order valence-electron chi connectivity index (χ1n) is 4.17. The molecule has 1 atom stereocenters. The lowest BCUT2D eigenvalue weighted by Gasteiger charge is -2.14. The second kappa shape index (κ2) is 4.48. The number of amides is 1. The van der Waals surface area contributed by atoms with Crippen molar-refractivity contribution in [2.45, 2.75) is 18.9 Å². The second-order valence-electron chi connectivity index (χ2n) is 3.09. The number of rotatable bonds is 1. The van der Waals surface area contributed by atoms with E-state index in [9.17, 15) is 9.59 Å². The zero-order valence-electron chi connectivity index (χ0n) is 7.46. The number of hydrogen-bond donors (Lipinski definition) is 1. The number of carbonyl (C=O) groups excluding carboxylic acids is 1. The molecule has 1 saturated heterocycles. The number of likely N-dealkylation sites (tertiary alicyclic amines) is 1. The molecule has 0 spiro atoms. The van der Waals surface area contributed by atoms with Crippen LogP contribution in [0.3, 0.4) is 0 Å². The molecule has 0 bridgehead atoms. The van der Waals surface area contributed by atoms with E-state index in [0.717, 1.165) is 4.90 Å². The third-order valence-electron chi connectivity index (χ3n) is 2.05. The van der Waals surface area contributed by atoms with E-state index >= 15 is 0 Å².